The maximum Gasteiger partial charge on any atom is 0.0565 e. The molecule has 4 heteroatoms. The van der Waals surface area contributed by atoms with Gasteiger partial charge >= 0.3 is 0 Å². The summed E-state index contributed by atoms with van der Waals surface area (Å²) in [7, 11) is 0. The Hall–Kier alpha value is -0.610. The minimum atomic E-state index is 0.558. The van der Waals surface area contributed by atoms with Gasteiger partial charge in [0.15, 0.2) is 0 Å². The number of pyridine rings is 1. The van der Waals surface area contributed by atoms with Crippen LogP contribution in [0.25, 0.3) is 0 Å². The van der Waals surface area contributed by atoms with Crippen molar-refractivity contribution in [3.63, 3.8) is 0 Å². The molecule has 1 saturated heterocycles. The number of rotatable bonds is 1. The van der Waals surface area contributed by atoms with Crippen molar-refractivity contribution in [1.29, 1.82) is 0 Å². The number of hydrogen-bond donors (Lipinski definition) is 1. The number of hydrogen-bond acceptors (Lipinski definition) is 3. The first-order valence-electron chi connectivity index (χ1n) is 4.84. The topological polar surface area (TPSA) is 28.2 Å². The van der Waals surface area contributed by atoms with Crippen LogP contribution in [0.5, 0.6) is 0 Å². The third-order valence-electron chi connectivity index (χ3n) is 2.42. The molecule has 0 spiro atoms. The smallest absolute Gasteiger partial charge is 0.0565 e. The Balaban J connectivity index is 2.14. The molecule has 0 aliphatic carbocycles. The first kappa shape index (κ1) is 9.93. The summed E-state index contributed by atoms with van der Waals surface area (Å²) in [4.78, 5) is 6.54. The van der Waals surface area contributed by atoms with Gasteiger partial charge in [0, 0.05) is 36.3 Å². The highest BCUT2D eigenvalue weighted by Crippen LogP contribution is 2.19. The molecule has 0 radical (unpaired) electrons. The first-order valence-corrected chi connectivity index (χ1v) is 5.64. The van der Waals surface area contributed by atoms with Gasteiger partial charge in [0.05, 0.1) is 11.9 Å². The van der Waals surface area contributed by atoms with Crippen LogP contribution >= 0.6 is 15.9 Å². The summed E-state index contributed by atoms with van der Waals surface area (Å²) in [6.07, 6.45) is 3.73. The number of nitrogens with one attached hydrogen (secondary N) is 1. The molecule has 1 N–H and O–H groups in total. The summed E-state index contributed by atoms with van der Waals surface area (Å²) in [5.74, 6) is 0. The molecular formula is C10H14BrN3. The number of anilines is 1. The van der Waals surface area contributed by atoms with Crippen LogP contribution in [-0.2, 0) is 0 Å². The molecule has 0 aromatic carbocycles. The molecule has 1 aromatic heterocycles. The van der Waals surface area contributed by atoms with Crippen molar-refractivity contribution in [1.82, 2.24) is 10.3 Å². The molecule has 2 rings (SSSR count). The lowest BCUT2D eigenvalue weighted by molar-refractivity contribution is 0.484. The highest BCUT2D eigenvalue weighted by Gasteiger charge is 2.15. The predicted molar refractivity (Wildman–Crippen MR) is 61.6 cm³/mol. The molecule has 2 heterocycles. The Kier molecular flexibility index (Phi) is 3.03. The van der Waals surface area contributed by atoms with E-state index in [0.717, 1.165) is 24.1 Å². The van der Waals surface area contributed by atoms with Crippen LogP contribution in [0.4, 0.5) is 5.69 Å². The van der Waals surface area contributed by atoms with E-state index in [1.807, 2.05) is 12.4 Å². The van der Waals surface area contributed by atoms with E-state index >= 15 is 0 Å². The van der Waals surface area contributed by atoms with Crippen molar-refractivity contribution >= 4 is 21.6 Å². The van der Waals surface area contributed by atoms with Gasteiger partial charge in [-0.05, 0) is 28.9 Å². The average molecular weight is 256 g/mol. The van der Waals surface area contributed by atoms with E-state index in [2.05, 4.69) is 44.1 Å². The molecule has 1 atom stereocenters. The second-order valence-corrected chi connectivity index (χ2v) is 4.58. The lowest BCUT2D eigenvalue weighted by atomic mass is 10.2. The van der Waals surface area contributed by atoms with Gasteiger partial charge in [0.1, 0.15) is 0 Å². The Morgan fingerprint density at radius 1 is 1.57 bits per heavy atom. The normalized spacial score (nSPS) is 22.4. The van der Waals surface area contributed by atoms with E-state index in [0.29, 0.717) is 6.04 Å². The van der Waals surface area contributed by atoms with E-state index < -0.39 is 0 Å². The fourth-order valence-electron chi connectivity index (χ4n) is 1.74. The van der Waals surface area contributed by atoms with E-state index in [4.69, 9.17) is 0 Å². The molecule has 0 bridgehead atoms. The summed E-state index contributed by atoms with van der Waals surface area (Å²) < 4.78 is 1.04. The van der Waals surface area contributed by atoms with Gasteiger partial charge in [-0.25, -0.2) is 0 Å². The lowest BCUT2D eigenvalue weighted by Crippen LogP contribution is -2.49. The fraction of sp³-hybridized carbons (Fsp3) is 0.500. The predicted octanol–water partition coefficient (Wildman–Crippen LogP) is 1.64. The third-order valence-corrected chi connectivity index (χ3v) is 2.86. The van der Waals surface area contributed by atoms with Crippen LogP contribution in [-0.4, -0.2) is 30.7 Å². The number of nitrogens with zero attached hydrogens (tertiary/aromatic N) is 2. The monoisotopic (exact) mass is 255 g/mol. The van der Waals surface area contributed by atoms with Crippen LogP contribution in [0.2, 0.25) is 0 Å². The van der Waals surface area contributed by atoms with Crippen LogP contribution in [0.15, 0.2) is 22.9 Å². The van der Waals surface area contributed by atoms with Gasteiger partial charge in [-0.3, -0.25) is 4.98 Å². The summed E-state index contributed by atoms with van der Waals surface area (Å²) >= 11 is 3.44. The Labute approximate surface area is 92.6 Å². The molecule has 3 nitrogen and oxygen atoms in total. The molecule has 14 heavy (non-hydrogen) atoms. The Morgan fingerprint density at radius 2 is 2.43 bits per heavy atom. The third kappa shape index (κ3) is 2.25. The minimum Gasteiger partial charge on any atom is -0.367 e. The molecule has 76 valence electrons. The van der Waals surface area contributed by atoms with Crippen molar-refractivity contribution in [2.45, 2.75) is 13.0 Å². The van der Waals surface area contributed by atoms with Crippen LogP contribution < -0.4 is 10.2 Å². The maximum atomic E-state index is 4.18. The molecule has 0 amide bonds. The van der Waals surface area contributed by atoms with E-state index in [1.165, 1.54) is 5.69 Å². The lowest BCUT2D eigenvalue weighted by Gasteiger charge is -2.33. The van der Waals surface area contributed by atoms with Crippen LogP contribution in [0.1, 0.15) is 6.92 Å². The van der Waals surface area contributed by atoms with Gasteiger partial charge in [0.2, 0.25) is 0 Å². The maximum absolute atomic E-state index is 4.18. The second-order valence-electron chi connectivity index (χ2n) is 3.66. The minimum absolute atomic E-state index is 0.558. The summed E-state index contributed by atoms with van der Waals surface area (Å²) in [5.41, 5.74) is 1.20. The SMILES string of the molecule is C[C@H]1CN(c2cncc(Br)c2)CCN1. The molecule has 0 saturated carbocycles. The molecular weight excluding hydrogens is 242 g/mol. The van der Waals surface area contributed by atoms with Crippen molar-refractivity contribution < 1.29 is 0 Å². The van der Waals surface area contributed by atoms with E-state index in [-0.39, 0.29) is 0 Å². The number of aromatic nitrogens is 1. The molecule has 1 aliphatic rings. The van der Waals surface area contributed by atoms with E-state index in [1.54, 1.807) is 0 Å². The van der Waals surface area contributed by atoms with Crippen molar-refractivity contribution in [3.05, 3.63) is 22.9 Å². The highest BCUT2D eigenvalue weighted by atomic mass is 79.9. The zero-order chi connectivity index (χ0) is 9.97. The van der Waals surface area contributed by atoms with Gasteiger partial charge in [-0.2, -0.15) is 0 Å². The largest absolute Gasteiger partial charge is 0.367 e. The standard InChI is InChI=1S/C10H14BrN3/c1-8-7-14(3-2-13-8)10-4-9(11)5-12-6-10/h4-6,8,13H,2-3,7H2,1H3/t8-/m0/s1. The fourth-order valence-corrected chi connectivity index (χ4v) is 2.09. The van der Waals surface area contributed by atoms with Crippen LogP contribution in [0.3, 0.4) is 0 Å². The number of halogens is 1. The average Bonchev–Trinajstić information content (AvgIpc) is 2.18. The first-order chi connectivity index (χ1) is 6.75. The van der Waals surface area contributed by atoms with Gasteiger partial charge < -0.3 is 10.2 Å². The summed E-state index contributed by atoms with van der Waals surface area (Å²) in [6.45, 7) is 5.37. The Bertz CT molecular complexity index is 316. The second kappa shape index (κ2) is 4.28. The molecule has 1 fully saturated rings. The zero-order valence-electron chi connectivity index (χ0n) is 8.20. The molecule has 1 aromatic rings. The summed E-state index contributed by atoms with van der Waals surface area (Å²) in [5, 5.41) is 3.42. The summed E-state index contributed by atoms with van der Waals surface area (Å²) in [6, 6.07) is 2.67. The van der Waals surface area contributed by atoms with Gasteiger partial charge in [-0.1, -0.05) is 0 Å². The van der Waals surface area contributed by atoms with Crippen molar-refractivity contribution in [2.75, 3.05) is 24.5 Å². The van der Waals surface area contributed by atoms with E-state index in [9.17, 15) is 0 Å². The van der Waals surface area contributed by atoms with Gasteiger partial charge in [0.25, 0.3) is 0 Å². The zero-order valence-corrected chi connectivity index (χ0v) is 9.79. The van der Waals surface area contributed by atoms with Gasteiger partial charge in [-0.15, -0.1) is 0 Å². The highest BCUT2D eigenvalue weighted by molar-refractivity contribution is 9.10. The molecule has 1 aliphatic heterocycles. The quantitative estimate of drug-likeness (QED) is 0.828. The van der Waals surface area contributed by atoms with Crippen molar-refractivity contribution in [3.8, 4) is 0 Å². The Morgan fingerprint density at radius 3 is 3.14 bits per heavy atom. The molecule has 0 unspecified atom stereocenters. The number of piperazine rings is 1. The van der Waals surface area contributed by atoms with Crippen LogP contribution in [0, 0.1) is 0 Å². The van der Waals surface area contributed by atoms with Crippen molar-refractivity contribution in [2.24, 2.45) is 0 Å².